The lowest BCUT2D eigenvalue weighted by Gasteiger charge is -2.16. The highest BCUT2D eigenvalue weighted by Gasteiger charge is 2.15. The second-order valence-electron chi connectivity index (χ2n) is 5.38. The molecule has 2 rings (SSSR count). The van der Waals surface area contributed by atoms with Crippen molar-refractivity contribution in [3.05, 3.63) is 59.2 Å². The third-order valence-corrected chi connectivity index (χ3v) is 3.34. The second kappa shape index (κ2) is 6.44. The zero-order valence-corrected chi connectivity index (χ0v) is 12.9. The Morgan fingerprint density at radius 3 is 2.24 bits per heavy atom. The Morgan fingerprint density at radius 1 is 1.00 bits per heavy atom. The molecule has 0 heterocycles. The molecule has 0 aliphatic rings. The van der Waals surface area contributed by atoms with Crippen LogP contribution in [0.1, 0.15) is 23.6 Å². The van der Waals surface area contributed by atoms with Gasteiger partial charge in [0.05, 0.1) is 0 Å². The lowest BCUT2D eigenvalue weighted by atomic mass is 10.1. The van der Waals surface area contributed by atoms with Crippen molar-refractivity contribution in [2.45, 2.75) is 33.8 Å². The number of amides is 1. The number of aryl methyl sites for hydroxylation is 3. The molecule has 0 fully saturated rings. The number of carbonyl (C=O) groups excluding carboxylic acids is 1. The second-order valence-corrected chi connectivity index (χ2v) is 5.38. The summed E-state index contributed by atoms with van der Waals surface area (Å²) in [5.41, 5.74) is 4.21. The molecule has 0 aliphatic heterocycles. The minimum atomic E-state index is -0.548. The quantitative estimate of drug-likeness (QED) is 0.920. The Kier molecular flexibility index (Phi) is 4.63. The van der Waals surface area contributed by atoms with Crippen LogP contribution >= 0.6 is 0 Å². The van der Waals surface area contributed by atoms with Crippen LogP contribution in [-0.4, -0.2) is 12.0 Å². The molecule has 0 bridgehead atoms. The molecular formula is C18H21NO2. The lowest BCUT2D eigenvalue weighted by molar-refractivity contribution is -0.122. The van der Waals surface area contributed by atoms with Gasteiger partial charge in [0.15, 0.2) is 6.10 Å². The first-order chi connectivity index (χ1) is 9.95. The summed E-state index contributed by atoms with van der Waals surface area (Å²) in [6.45, 7) is 7.77. The Balaban J connectivity index is 2.00. The van der Waals surface area contributed by atoms with Crippen molar-refractivity contribution in [3.8, 4) is 5.75 Å². The minimum Gasteiger partial charge on any atom is -0.481 e. The molecule has 1 atom stereocenters. The number of benzene rings is 2. The normalized spacial score (nSPS) is 11.8. The summed E-state index contributed by atoms with van der Waals surface area (Å²) in [5, 5.41) is 2.90. The van der Waals surface area contributed by atoms with Crippen LogP contribution in [0.4, 0.5) is 5.69 Å². The third kappa shape index (κ3) is 4.09. The minimum absolute atomic E-state index is 0.150. The SMILES string of the molecule is Cc1ccc(O[C@@H](C)C(=O)Nc2ccc(C)cc2C)cc1. The largest absolute Gasteiger partial charge is 0.481 e. The van der Waals surface area contributed by atoms with Gasteiger partial charge in [0.25, 0.3) is 5.91 Å². The van der Waals surface area contributed by atoms with Gasteiger partial charge in [-0.3, -0.25) is 4.79 Å². The fourth-order valence-corrected chi connectivity index (χ4v) is 2.06. The Morgan fingerprint density at radius 2 is 1.62 bits per heavy atom. The van der Waals surface area contributed by atoms with Gasteiger partial charge in [0.2, 0.25) is 0 Å². The van der Waals surface area contributed by atoms with E-state index in [1.54, 1.807) is 6.92 Å². The highest BCUT2D eigenvalue weighted by atomic mass is 16.5. The van der Waals surface area contributed by atoms with Gasteiger partial charge in [-0.25, -0.2) is 0 Å². The molecule has 0 saturated heterocycles. The first-order valence-electron chi connectivity index (χ1n) is 7.07. The van der Waals surface area contributed by atoms with E-state index in [1.807, 2.05) is 63.2 Å². The smallest absolute Gasteiger partial charge is 0.265 e. The fraction of sp³-hybridized carbons (Fsp3) is 0.278. The molecule has 110 valence electrons. The highest BCUT2D eigenvalue weighted by molar-refractivity contribution is 5.94. The summed E-state index contributed by atoms with van der Waals surface area (Å²) in [6, 6.07) is 13.6. The number of carbonyl (C=O) groups is 1. The maximum absolute atomic E-state index is 12.2. The predicted octanol–water partition coefficient (Wildman–Crippen LogP) is 4.02. The molecular weight excluding hydrogens is 262 g/mol. The first-order valence-corrected chi connectivity index (χ1v) is 7.07. The summed E-state index contributed by atoms with van der Waals surface area (Å²) in [4.78, 5) is 12.2. The van der Waals surface area contributed by atoms with Gasteiger partial charge in [-0.05, 0) is 51.5 Å². The standard InChI is InChI=1S/C18H21NO2/c1-12-5-8-16(9-6-12)21-15(4)18(20)19-17-10-7-13(2)11-14(17)3/h5-11,15H,1-4H3,(H,19,20)/t15-/m0/s1. The Labute approximate surface area is 126 Å². The molecule has 0 aliphatic carbocycles. The summed E-state index contributed by atoms with van der Waals surface area (Å²) < 4.78 is 5.65. The molecule has 3 heteroatoms. The zero-order valence-electron chi connectivity index (χ0n) is 12.9. The van der Waals surface area contributed by atoms with Crippen molar-refractivity contribution in [2.24, 2.45) is 0 Å². The van der Waals surface area contributed by atoms with Crippen LogP contribution in [0, 0.1) is 20.8 Å². The molecule has 3 nitrogen and oxygen atoms in total. The van der Waals surface area contributed by atoms with E-state index >= 15 is 0 Å². The molecule has 0 radical (unpaired) electrons. The van der Waals surface area contributed by atoms with E-state index in [0.717, 1.165) is 16.8 Å². The highest BCUT2D eigenvalue weighted by Crippen LogP contribution is 2.18. The van der Waals surface area contributed by atoms with Crippen molar-refractivity contribution < 1.29 is 9.53 Å². The number of anilines is 1. The van der Waals surface area contributed by atoms with Gasteiger partial charge >= 0.3 is 0 Å². The van der Waals surface area contributed by atoms with Gasteiger partial charge in [-0.1, -0.05) is 35.4 Å². The van der Waals surface area contributed by atoms with E-state index in [2.05, 4.69) is 5.32 Å². The van der Waals surface area contributed by atoms with Gasteiger partial charge in [-0.2, -0.15) is 0 Å². The van der Waals surface area contributed by atoms with E-state index in [4.69, 9.17) is 4.74 Å². The van der Waals surface area contributed by atoms with E-state index in [9.17, 15) is 4.79 Å². The third-order valence-electron chi connectivity index (χ3n) is 3.34. The van der Waals surface area contributed by atoms with Crippen LogP contribution < -0.4 is 10.1 Å². The number of ether oxygens (including phenoxy) is 1. The van der Waals surface area contributed by atoms with Gasteiger partial charge in [0, 0.05) is 5.69 Å². The molecule has 1 N–H and O–H groups in total. The van der Waals surface area contributed by atoms with Crippen LogP contribution in [0.2, 0.25) is 0 Å². The van der Waals surface area contributed by atoms with Gasteiger partial charge in [-0.15, -0.1) is 0 Å². The maximum atomic E-state index is 12.2. The van der Waals surface area contributed by atoms with Crippen LogP contribution in [0.3, 0.4) is 0 Å². The maximum Gasteiger partial charge on any atom is 0.265 e. The number of hydrogen-bond acceptors (Lipinski definition) is 2. The van der Waals surface area contributed by atoms with E-state index in [0.29, 0.717) is 5.75 Å². The number of hydrogen-bond donors (Lipinski definition) is 1. The monoisotopic (exact) mass is 283 g/mol. The topological polar surface area (TPSA) is 38.3 Å². The molecule has 0 spiro atoms. The van der Waals surface area contributed by atoms with Crippen molar-refractivity contribution in [1.82, 2.24) is 0 Å². The van der Waals surface area contributed by atoms with Crippen LogP contribution in [0.25, 0.3) is 0 Å². The molecule has 2 aromatic carbocycles. The molecule has 21 heavy (non-hydrogen) atoms. The molecule has 0 aromatic heterocycles. The van der Waals surface area contributed by atoms with Crippen molar-refractivity contribution >= 4 is 11.6 Å². The molecule has 2 aromatic rings. The van der Waals surface area contributed by atoms with Crippen LogP contribution in [-0.2, 0) is 4.79 Å². The molecule has 0 unspecified atom stereocenters. The van der Waals surface area contributed by atoms with Crippen LogP contribution in [0.5, 0.6) is 5.75 Å². The van der Waals surface area contributed by atoms with E-state index < -0.39 is 6.10 Å². The molecule has 1 amide bonds. The van der Waals surface area contributed by atoms with Crippen LogP contribution in [0.15, 0.2) is 42.5 Å². The Bertz CT molecular complexity index is 632. The number of rotatable bonds is 4. The average Bonchev–Trinajstić information content (AvgIpc) is 2.44. The van der Waals surface area contributed by atoms with Crippen molar-refractivity contribution in [2.75, 3.05) is 5.32 Å². The summed E-state index contributed by atoms with van der Waals surface area (Å²) in [7, 11) is 0. The average molecular weight is 283 g/mol. The van der Waals surface area contributed by atoms with E-state index in [-0.39, 0.29) is 5.91 Å². The summed E-state index contributed by atoms with van der Waals surface area (Å²) in [6.07, 6.45) is -0.548. The number of nitrogens with one attached hydrogen (secondary N) is 1. The lowest BCUT2D eigenvalue weighted by Crippen LogP contribution is -2.30. The van der Waals surface area contributed by atoms with Gasteiger partial charge in [0.1, 0.15) is 5.75 Å². The van der Waals surface area contributed by atoms with Gasteiger partial charge < -0.3 is 10.1 Å². The Hall–Kier alpha value is -2.29. The van der Waals surface area contributed by atoms with Crippen molar-refractivity contribution in [1.29, 1.82) is 0 Å². The molecule has 0 saturated carbocycles. The zero-order chi connectivity index (χ0) is 15.4. The predicted molar refractivity (Wildman–Crippen MR) is 85.8 cm³/mol. The first kappa shape index (κ1) is 15.1. The van der Waals surface area contributed by atoms with E-state index in [1.165, 1.54) is 5.56 Å². The summed E-state index contributed by atoms with van der Waals surface area (Å²) >= 11 is 0. The van der Waals surface area contributed by atoms with Crippen molar-refractivity contribution in [3.63, 3.8) is 0 Å². The fourth-order valence-electron chi connectivity index (χ4n) is 2.06. The summed E-state index contributed by atoms with van der Waals surface area (Å²) in [5.74, 6) is 0.548.